The Balaban J connectivity index is 2.53. The van der Waals surface area contributed by atoms with Gasteiger partial charge in [0.2, 0.25) is 20.0 Å². The van der Waals surface area contributed by atoms with Crippen molar-refractivity contribution < 1.29 is 26.4 Å². The largest absolute Gasteiger partial charge is 0.486 e. The third-order valence-corrected chi connectivity index (χ3v) is 6.23. The van der Waals surface area contributed by atoms with Crippen LogP contribution < -0.4 is 9.46 Å². The Morgan fingerprint density at radius 3 is 2.44 bits per heavy atom. The third-order valence-electron chi connectivity index (χ3n) is 4.36. The summed E-state index contributed by atoms with van der Waals surface area (Å²) in [6.45, 7) is 2.28. The predicted octanol–water partition coefficient (Wildman–Crippen LogP) is 0.419. The lowest BCUT2D eigenvalue weighted by molar-refractivity contribution is 0.0607. The summed E-state index contributed by atoms with van der Waals surface area (Å²) < 4.78 is 56.5. The Labute approximate surface area is 160 Å². The Morgan fingerprint density at radius 2 is 1.89 bits per heavy atom. The molecule has 0 unspecified atom stereocenters. The molecule has 152 valence electrons. The van der Waals surface area contributed by atoms with Crippen molar-refractivity contribution in [2.24, 2.45) is 5.92 Å². The monoisotopic (exact) mass is 419 g/mol. The Bertz CT molecular complexity index is 929. The fraction of sp³-hybridized carbons (Fsp3) is 0.562. The minimum Gasteiger partial charge on any atom is -0.486 e. The Hall–Kier alpha value is -1.85. The van der Waals surface area contributed by atoms with Crippen LogP contribution in [0.15, 0.2) is 18.2 Å². The minimum atomic E-state index is -3.60. The maximum absolute atomic E-state index is 12.7. The van der Waals surface area contributed by atoms with E-state index in [0.717, 1.165) is 12.5 Å². The van der Waals surface area contributed by atoms with Crippen molar-refractivity contribution in [3.05, 3.63) is 23.8 Å². The number of para-hydroxylation sites is 1. The van der Waals surface area contributed by atoms with E-state index in [0.29, 0.717) is 6.54 Å². The molecule has 9 nitrogen and oxygen atoms in total. The summed E-state index contributed by atoms with van der Waals surface area (Å²) in [5.41, 5.74) is 0.350. The Morgan fingerprint density at radius 1 is 1.26 bits per heavy atom. The molecular formula is C16H25N3O6S2. The van der Waals surface area contributed by atoms with E-state index in [1.807, 2.05) is 6.92 Å². The van der Waals surface area contributed by atoms with Gasteiger partial charge in [-0.05, 0) is 12.1 Å². The SMILES string of the molecule is C[C@@H]1CN(C)C(=O)c2cccc(NS(C)(=O)=O)c2O[C@H]1CN(C)S(C)(=O)=O. The number of likely N-dealkylation sites (N-methyl/N-ethyl adjacent to an activating group) is 1. The molecule has 0 fully saturated rings. The van der Waals surface area contributed by atoms with Crippen molar-refractivity contribution in [3.63, 3.8) is 0 Å². The second kappa shape index (κ2) is 7.64. The molecule has 1 aromatic rings. The van der Waals surface area contributed by atoms with Crippen molar-refractivity contribution >= 4 is 31.6 Å². The van der Waals surface area contributed by atoms with Crippen LogP contribution in [0.3, 0.4) is 0 Å². The number of benzene rings is 1. The van der Waals surface area contributed by atoms with Gasteiger partial charge in [0.25, 0.3) is 5.91 Å². The van der Waals surface area contributed by atoms with Gasteiger partial charge in [0.05, 0.1) is 30.3 Å². The number of nitrogens with zero attached hydrogens (tertiary/aromatic N) is 2. The van der Waals surface area contributed by atoms with Gasteiger partial charge < -0.3 is 9.64 Å². The van der Waals surface area contributed by atoms with E-state index in [9.17, 15) is 21.6 Å². The van der Waals surface area contributed by atoms with E-state index in [1.165, 1.54) is 22.3 Å². The number of sulfonamides is 2. The molecule has 2 rings (SSSR count). The maximum atomic E-state index is 12.7. The predicted molar refractivity (Wildman–Crippen MR) is 103 cm³/mol. The molecule has 0 aliphatic carbocycles. The highest BCUT2D eigenvalue weighted by molar-refractivity contribution is 7.92. The van der Waals surface area contributed by atoms with Crippen LogP contribution in [0, 0.1) is 5.92 Å². The van der Waals surface area contributed by atoms with Crippen molar-refractivity contribution in [1.82, 2.24) is 9.21 Å². The summed E-state index contributed by atoms with van der Waals surface area (Å²) in [7, 11) is -3.94. The summed E-state index contributed by atoms with van der Waals surface area (Å²) >= 11 is 0. The summed E-state index contributed by atoms with van der Waals surface area (Å²) in [5, 5.41) is 0. The van der Waals surface area contributed by atoms with Gasteiger partial charge in [-0.25, -0.2) is 21.1 Å². The van der Waals surface area contributed by atoms with Gasteiger partial charge in [-0.2, -0.15) is 0 Å². The molecule has 1 amide bonds. The quantitative estimate of drug-likeness (QED) is 0.740. The lowest BCUT2D eigenvalue weighted by Crippen LogP contribution is -2.46. The van der Waals surface area contributed by atoms with E-state index < -0.39 is 26.2 Å². The summed E-state index contributed by atoms with van der Waals surface area (Å²) in [6, 6.07) is 4.61. The highest BCUT2D eigenvalue weighted by Gasteiger charge is 2.32. The molecule has 27 heavy (non-hydrogen) atoms. The minimum absolute atomic E-state index is 0.0642. The lowest BCUT2D eigenvalue weighted by atomic mass is 10.0. The van der Waals surface area contributed by atoms with Crippen LogP contribution in [0.1, 0.15) is 17.3 Å². The first-order valence-corrected chi connectivity index (χ1v) is 12.0. The number of fused-ring (bicyclic) bond motifs is 1. The zero-order chi connectivity index (χ0) is 20.6. The van der Waals surface area contributed by atoms with Gasteiger partial charge >= 0.3 is 0 Å². The molecule has 1 aromatic carbocycles. The van der Waals surface area contributed by atoms with Crippen LogP contribution in [0.4, 0.5) is 5.69 Å². The summed E-state index contributed by atoms with van der Waals surface area (Å²) in [6.07, 6.45) is 1.52. The number of rotatable bonds is 5. The fourth-order valence-corrected chi connectivity index (χ4v) is 3.80. The number of nitrogens with one attached hydrogen (secondary N) is 1. The van der Waals surface area contributed by atoms with Crippen molar-refractivity contribution in [2.45, 2.75) is 13.0 Å². The molecule has 1 N–H and O–H groups in total. The molecular weight excluding hydrogens is 394 g/mol. The second-order valence-corrected chi connectivity index (χ2v) is 10.8. The molecule has 2 atom stereocenters. The van der Waals surface area contributed by atoms with E-state index in [2.05, 4.69) is 4.72 Å². The van der Waals surface area contributed by atoms with E-state index >= 15 is 0 Å². The summed E-state index contributed by atoms with van der Waals surface area (Å²) in [4.78, 5) is 14.2. The highest BCUT2D eigenvalue weighted by Crippen LogP contribution is 2.34. The molecule has 0 saturated carbocycles. The smallest absolute Gasteiger partial charge is 0.257 e. The van der Waals surface area contributed by atoms with Crippen LogP contribution in [0.2, 0.25) is 0 Å². The van der Waals surface area contributed by atoms with Gasteiger partial charge in [-0.1, -0.05) is 13.0 Å². The Kier molecular flexibility index (Phi) is 6.07. The molecule has 11 heteroatoms. The molecule has 1 heterocycles. The molecule has 0 radical (unpaired) electrons. The lowest BCUT2D eigenvalue weighted by Gasteiger charge is -2.34. The number of amides is 1. The first-order valence-electron chi connectivity index (χ1n) is 8.24. The number of ether oxygens (including phenoxy) is 1. The van der Waals surface area contributed by atoms with Crippen LogP contribution in [0.25, 0.3) is 0 Å². The van der Waals surface area contributed by atoms with E-state index in [-0.39, 0.29) is 35.4 Å². The van der Waals surface area contributed by atoms with Gasteiger partial charge in [0, 0.05) is 26.6 Å². The number of hydrogen-bond acceptors (Lipinski definition) is 6. The van der Waals surface area contributed by atoms with Gasteiger partial charge in [0.1, 0.15) is 6.10 Å². The molecule has 0 bridgehead atoms. The number of anilines is 1. The first kappa shape index (κ1) is 21.5. The average molecular weight is 420 g/mol. The van der Waals surface area contributed by atoms with Crippen molar-refractivity contribution in [2.75, 3.05) is 44.4 Å². The third kappa shape index (κ3) is 5.33. The van der Waals surface area contributed by atoms with Gasteiger partial charge in [-0.15, -0.1) is 0 Å². The maximum Gasteiger partial charge on any atom is 0.257 e. The number of hydrogen-bond donors (Lipinski definition) is 1. The molecule has 1 aliphatic rings. The average Bonchev–Trinajstić information content (AvgIpc) is 2.51. The van der Waals surface area contributed by atoms with E-state index in [1.54, 1.807) is 19.2 Å². The van der Waals surface area contributed by atoms with Gasteiger partial charge in [-0.3, -0.25) is 9.52 Å². The molecule has 0 spiro atoms. The second-order valence-electron chi connectivity index (χ2n) is 6.92. The van der Waals surface area contributed by atoms with Crippen LogP contribution in [0.5, 0.6) is 5.75 Å². The van der Waals surface area contributed by atoms with E-state index in [4.69, 9.17) is 4.74 Å². The normalized spacial score (nSPS) is 21.3. The zero-order valence-electron chi connectivity index (χ0n) is 16.0. The molecule has 1 aliphatic heterocycles. The number of carbonyl (C=O) groups excluding carboxylic acids is 1. The molecule has 0 aromatic heterocycles. The topological polar surface area (TPSA) is 113 Å². The molecule has 0 saturated heterocycles. The summed E-state index contributed by atoms with van der Waals surface area (Å²) in [5.74, 6) is -0.398. The van der Waals surface area contributed by atoms with Crippen molar-refractivity contribution in [3.8, 4) is 5.75 Å². The van der Waals surface area contributed by atoms with Crippen LogP contribution in [-0.2, 0) is 20.0 Å². The van der Waals surface area contributed by atoms with Gasteiger partial charge in [0.15, 0.2) is 5.75 Å². The van der Waals surface area contributed by atoms with Crippen LogP contribution in [-0.4, -0.2) is 77.7 Å². The van der Waals surface area contributed by atoms with Crippen LogP contribution >= 0.6 is 0 Å². The zero-order valence-corrected chi connectivity index (χ0v) is 17.6. The fourth-order valence-electron chi connectivity index (χ4n) is 2.82. The number of carbonyl (C=O) groups is 1. The standard InChI is InChI=1S/C16H25N3O6S2/c1-11-9-18(2)16(20)12-7-6-8-13(17-26(4,21)22)15(12)25-14(11)10-19(3)27(5,23)24/h6-8,11,14,17H,9-10H2,1-5H3/t11-,14+/m1/s1. The van der Waals surface area contributed by atoms with Crippen molar-refractivity contribution in [1.29, 1.82) is 0 Å². The highest BCUT2D eigenvalue weighted by atomic mass is 32.2. The first-order chi connectivity index (χ1) is 12.3.